The largest absolute Gasteiger partial charge is 0.383 e. The molecule has 1 aliphatic rings. The average molecular weight is 538 g/mol. The van der Waals surface area contributed by atoms with Crippen molar-refractivity contribution in [2.75, 3.05) is 0 Å². The van der Waals surface area contributed by atoms with E-state index < -0.39 is 12.1 Å². The van der Waals surface area contributed by atoms with Gasteiger partial charge in [-0.15, -0.1) is 11.3 Å². The zero-order valence-corrected chi connectivity index (χ0v) is 23.8. The first kappa shape index (κ1) is 27.0. The molecule has 0 amide bonds. The van der Waals surface area contributed by atoms with Crippen LogP contribution in [0.2, 0.25) is 0 Å². The van der Waals surface area contributed by atoms with Gasteiger partial charge in [0.1, 0.15) is 11.8 Å². The van der Waals surface area contributed by atoms with E-state index in [-0.39, 0.29) is 5.41 Å². The fourth-order valence-electron chi connectivity index (χ4n) is 6.16. The van der Waals surface area contributed by atoms with Gasteiger partial charge in [-0.1, -0.05) is 92.5 Å². The molecule has 3 aromatic carbocycles. The first-order valence-electron chi connectivity index (χ1n) is 13.7. The molecule has 0 saturated heterocycles. The monoisotopic (exact) mass is 537 g/mol. The molecule has 1 atom stereocenters. The molecule has 0 saturated carbocycles. The minimum absolute atomic E-state index is 0.173. The van der Waals surface area contributed by atoms with E-state index in [4.69, 9.17) is 4.84 Å². The van der Waals surface area contributed by atoms with Crippen LogP contribution in [0.3, 0.4) is 0 Å². The molecule has 0 aliphatic heterocycles. The number of fused-ring (bicyclic) bond motifs is 3. The van der Waals surface area contributed by atoms with Gasteiger partial charge in [0.15, 0.2) is 0 Å². The molecular weight excluding hydrogens is 502 g/mol. The van der Waals surface area contributed by atoms with Crippen molar-refractivity contribution in [3.63, 3.8) is 0 Å². The van der Waals surface area contributed by atoms with E-state index in [2.05, 4.69) is 55.4 Å². The van der Waals surface area contributed by atoms with Gasteiger partial charge in [0.05, 0.1) is 0 Å². The van der Waals surface area contributed by atoms with Crippen LogP contribution in [0, 0.1) is 6.92 Å². The van der Waals surface area contributed by atoms with Crippen molar-refractivity contribution >= 4 is 23.0 Å². The maximum atomic E-state index is 11.7. The van der Waals surface area contributed by atoms with Crippen LogP contribution in [-0.2, 0) is 15.0 Å². The lowest BCUT2D eigenvalue weighted by molar-refractivity contribution is -0.140. The van der Waals surface area contributed by atoms with Gasteiger partial charge in [0.2, 0.25) is 0 Å². The first-order chi connectivity index (χ1) is 18.9. The highest BCUT2D eigenvalue weighted by atomic mass is 32.1. The Morgan fingerprint density at radius 3 is 2.28 bits per heavy atom. The molecule has 0 fully saturated rings. The van der Waals surface area contributed by atoms with Crippen molar-refractivity contribution in [1.82, 2.24) is 0 Å². The number of hydrogen-bond donors (Lipinski definition) is 1. The van der Waals surface area contributed by atoms with E-state index in [1.54, 1.807) is 11.3 Å². The van der Waals surface area contributed by atoms with Crippen LogP contribution in [0.25, 0.3) is 11.1 Å². The molecule has 5 rings (SSSR count). The second-order valence-electron chi connectivity index (χ2n) is 10.4. The van der Waals surface area contributed by atoms with Gasteiger partial charge >= 0.3 is 5.97 Å². The van der Waals surface area contributed by atoms with E-state index in [1.807, 2.05) is 48.7 Å². The molecule has 1 aromatic heterocycles. The predicted octanol–water partition coefficient (Wildman–Crippen LogP) is 8.32. The summed E-state index contributed by atoms with van der Waals surface area (Å²) >= 11 is 1.58. The molecule has 5 heteroatoms. The van der Waals surface area contributed by atoms with Crippen molar-refractivity contribution in [2.45, 2.75) is 64.9 Å². The smallest absolute Gasteiger partial charge is 0.332 e. The minimum atomic E-state index is -0.640. The molecule has 0 bridgehead atoms. The summed E-state index contributed by atoms with van der Waals surface area (Å²) in [5.41, 5.74) is 9.36. The number of aliphatic hydroxyl groups is 1. The molecule has 1 heterocycles. The van der Waals surface area contributed by atoms with Crippen molar-refractivity contribution in [3.05, 3.63) is 116 Å². The Kier molecular flexibility index (Phi) is 7.83. The van der Waals surface area contributed by atoms with Crippen molar-refractivity contribution in [2.24, 2.45) is 5.16 Å². The van der Waals surface area contributed by atoms with Crippen LogP contribution in [0.5, 0.6) is 0 Å². The van der Waals surface area contributed by atoms with Gasteiger partial charge in [-0.05, 0) is 70.7 Å². The Morgan fingerprint density at radius 1 is 0.949 bits per heavy atom. The summed E-state index contributed by atoms with van der Waals surface area (Å²) in [5, 5.41) is 17.5. The summed E-state index contributed by atoms with van der Waals surface area (Å²) in [6.07, 6.45) is 3.44. The highest BCUT2D eigenvalue weighted by Crippen LogP contribution is 2.54. The normalized spacial score (nSPS) is 14.5. The van der Waals surface area contributed by atoms with Crippen LogP contribution in [-0.4, -0.2) is 16.8 Å². The van der Waals surface area contributed by atoms with E-state index in [0.717, 1.165) is 52.8 Å². The highest BCUT2D eigenvalue weighted by Gasteiger charge is 2.42. The maximum Gasteiger partial charge on any atom is 0.332 e. The van der Waals surface area contributed by atoms with E-state index in [0.29, 0.717) is 5.71 Å². The number of nitrogens with zero attached hydrogens (tertiary/aromatic N) is 1. The molecule has 4 nitrogen and oxygen atoms in total. The first-order valence-corrected chi connectivity index (χ1v) is 14.6. The average Bonchev–Trinajstić information content (AvgIpc) is 3.56. The van der Waals surface area contributed by atoms with Gasteiger partial charge < -0.3 is 9.94 Å². The van der Waals surface area contributed by atoms with Gasteiger partial charge in [0, 0.05) is 28.3 Å². The number of oxime groups is 1. The Hall–Kier alpha value is -3.54. The summed E-state index contributed by atoms with van der Waals surface area (Å²) in [7, 11) is 0. The highest BCUT2D eigenvalue weighted by molar-refractivity contribution is 7.10. The number of rotatable bonds is 9. The lowest BCUT2D eigenvalue weighted by Crippen LogP contribution is -2.25. The topological polar surface area (TPSA) is 58.9 Å². The van der Waals surface area contributed by atoms with E-state index in [1.165, 1.54) is 29.2 Å². The molecule has 39 heavy (non-hydrogen) atoms. The number of hydrogen-bond acceptors (Lipinski definition) is 5. The zero-order valence-electron chi connectivity index (χ0n) is 23.0. The zero-order chi connectivity index (χ0) is 27.6. The van der Waals surface area contributed by atoms with E-state index >= 15 is 0 Å². The summed E-state index contributed by atoms with van der Waals surface area (Å²) in [6.45, 7) is 7.89. The van der Waals surface area contributed by atoms with Crippen LogP contribution in [0.15, 0.2) is 83.3 Å². The third-order valence-electron chi connectivity index (χ3n) is 7.81. The van der Waals surface area contributed by atoms with Crippen LogP contribution in [0.4, 0.5) is 0 Å². The maximum absolute atomic E-state index is 11.7. The third kappa shape index (κ3) is 4.97. The number of aliphatic hydroxyl groups excluding tert-OH is 1. The summed E-state index contributed by atoms with van der Waals surface area (Å²) < 4.78 is 0. The Morgan fingerprint density at radius 2 is 1.64 bits per heavy atom. The molecule has 0 spiro atoms. The molecule has 1 unspecified atom stereocenters. The number of thiophene rings is 1. The molecule has 1 aliphatic carbocycles. The van der Waals surface area contributed by atoms with E-state index in [9.17, 15) is 9.90 Å². The summed E-state index contributed by atoms with van der Waals surface area (Å²) in [5.74, 6) is -0.446. The Labute approximate surface area is 235 Å². The summed E-state index contributed by atoms with van der Waals surface area (Å²) in [6, 6.07) is 25.0. The van der Waals surface area contributed by atoms with Gasteiger partial charge in [-0.3, -0.25) is 0 Å². The van der Waals surface area contributed by atoms with Crippen molar-refractivity contribution in [1.29, 1.82) is 0 Å². The second-order valence-corrected chi connectivity index (χ2v) is 11.4. The Bertz CT molecular complexity index is 1510. The fraction of sp³-hybridized carbons (Fsp3) is 0.294. The molecule has 1 N–H and O–H groups in total. The molecule has 4 aromatic rings. The lowest BCUT2D eigenvalue weighted by Gasteiger charge is -2.32. The summed E-state index contributed by atoms with van der Waals surface area (Å²) in [4.78, 5) is 17.9. The Balaban J connectivity index is 1.69. The minimum Gasteiger partial charge on any atom is -0.383 e. The van der Waals surface area contributed by atoms with Gasteiger partial charge in [-0.2, -0.15) is 0 Å². The third-order valence-corrected chi connectivity index (χ3v) is 8.73. The van der Waals surface area contributed by atoms with Crippen molar-refractivity contribution < 1.29 is 14.7 Å². The fourth-order valence-corrected chi connectivity index (χ4v) is 6.90. The van der Waals surface area contributed by atoms with Crippen molar-refractivity contribution in [3.8, 4) is 11.1 Å². The lowest BCUT2D eigenvalue weighted by atomic mass is 9.71. The number of carbonyl (C=O) groups is 1. The quantitative estimate of drug-likeness (QED) is 0.133. The number of carbonyl (C=O) groups excluding carboxylic acids is 1. The molecule has 200 valence electrons. The molecule has 0 radical (unpaired) electrons. The van der Waals surface area contributed by atoms with Crippen LogP contribution >= 0.6 is 11.3 Å². The molecular formula is C34H35NO3S. The number of aryl methyl sites for hydroxylation is 1. The SMILES string of the molecule is CCCC1(CCC)c2cc(/C(=N\OC(C)=O)c3ccccc3C)ccc2-c2ccc(C(O)c3cccs3)cc21. The van der Waals surface area contributed by atoms with Crippen LogP contribution in [0.1, 0.15) is 90.8 Å². The second kappa shape index (κ2) is 11.3. The number of benzene rings is 3. The van der Waals surface area contributed by atoms with Gasteiger partial charge in [0.25, 0.3) is 0 Å². The standard InChI is InChI=1S/C34H35NO3S/c1-5-17-34(18-6-2)29-20-24(32(35-38-23(4)36)26-11-8-7-10-22(26)3)13-15-27(29)28-16-14-25(21-30(28)34)33(37)31-12-9-19-39-31/h7-16,19-21,33,37H,5-6,17-18H2,1-4H3/b35-32+. The van der Waals surface area contributed by atoms with Crippen LogP contribution < -0.4 is 0 Å². The van der Waals surface area contributed by atoms with Gasteiger partial charge in [-0.25, -0.2) is 4.79 Å². The predicted molar refractivity (Wildman–Crippen MR) is 159 cm³/mol.